The van der Waals surface area contributed by atoms with Crippen molar-refractivity contribution in [1.82, 2.24) is 0 Å². The monoisotopic (exact) mass is 562 g/mol. The highest BCUT2D eigenvalue weighted by molar-refractivity contribution is 8.14. The van der Waals surface area contributed by atoms with Crippen LogP contribution < -0.4 is 18.9 Å². The third-order valence-corrected chi connectivity index (χ3v) is 7.25. The fraction of sp³-hybridized carbons (Fsp3) is 0.233. The van der Waals surface area contributed by atoms with Crippen LogP contribution in [0.25, 0.3) is 6.08 Å². The first-order valence-corrected chi connectivity index (χ1v) is 13.2. The van der Waals surface area contributed by atoms with Gasteiger partial charge in [0.2, 0.25) is 0 Å². The molecule has 1 aliphatic heterocycles. The van der Waals surface area contributed by atoms with Gasteiger partial charge in [0.05, 0.1) is 34.1 Å². The van der Waals surface area contributed by atoms with Crippen LogP contribution in [-0.2, 0) is 4.79 Å². The average Bonchev–Trinajstić information content (AvgIpc) is 2.96. The topological polar surface area (TPSA) is 119 Å². The van der Waals surface area contributed by atoms with Gasteiger partial charge in [-0.15, -0.1) is 0 Å². The maximum Gasteiger partial charge on any atom is 0.188 e. The number of ketones is 1. The Morgan fingerprint density at radius 2 is 1.57 bits per heavy atom. The van der Waals surface area contributed by atoms with Crippen molar-refractivity contribution in [3.63, 3.8) is 0 Å². The molecule has 1 atom stereocenters. The van der Waals surface area contributed by atoms with E-state index < -0.39 is 0 Å². The predicted octanol–water partition coefficient (Wildman–Crippen LogP) is 6.11. The number of thioether (sulfide) groups is 1. The Labute approximate surface area is 236 Å². The molecule has 0 saturated heterocycles. The van der Waals surface area contributed by atoms with Crippen LogP contribution in [-0.4, -0.2) is 55.3 Å². The molecule has 1 aliphatic rings. The molecule has 0 fully saturated rings. The molecule has 9 nitrogen and oxygen atoms in total. The predicted molar refractivity (Wildman–Crippen MR) is 157 cm³/mol. The summed E-state index contributed by atoms with van der Waals surface area (Å²) in [4.78, 5) is 22.4. The van der Waals surface area contributed by atoms with Gasteiger partial charge in [-0.2, -0.15) is 0 Å². The number of rotatable bonds is 10. The van der Waals surface area contributed by atoms with Crippen LogP contribution in [0.15, 0.2) is 70.7 Å². The Morgan fingerprint density at radius 1 is 0.900 bits per heavy atom. The number of methoxy groups -OCH3 is 4. The summed E-state index contributed by atoms with van der Waals surface area (Å²) in [5.74, 6) is 1.76. The van der Waals surface area contributed by atoms with Crippen molar-refractivity contribution >= 4 is 40.2 Å². The van der Waals surface area contributed by atoms with E-state index >= 15 is 0 Å². The molecule has 0 spiro atoms. The molecular weight excluding hydrogens is 532 g/mol. The van der Waals surface area contributed by atoms with E-state index in [2.05, 4.69) is 0 Å². The second-order valence-corrected chi connectivity index (χ2v) is 9.93. The number of aliphatic imine (C=N–C) groups is 2. The van der Waals surface area contributed by atoms with E-state index in [0.29, 0.717) is 51.5 Å². The third-order valence-electron chi connectivity index (χ3n) is 6.13. The van der Waals surface area contributed by atoms with E-state index in [0.717, 1.165) is 5.56 Å². The molecule has 0 amide bonds. The SMILES string of the molecule is COc1cc(/C=C/C(=O)CC2=NC(=Nc3ccc(OC)c(OC)c3)SC(c3ccc(O)c(OC)c3)C2)ccc1O. The minimum atomic E-state index is -0.134. The third kappa shape index (κ3) is 6.95. The number of hydrogen-bond acceptors (Lipinski definition) is 9. The number of hydrogen-bond donors (Lipinski definition) is 2. The molecule has 1 unspecified atom stereocenters. The summed E-state index contributed by atoms with van der Waals surface area (Å²) in [7, 11) is 6.09. The van der Waals surface area contributed by atoms with Gasteiger partial charge in [-0.25, -0.2) is 9.98 Å². The zero-order chi connectivity index (χ0) is 28.6. The van der Waals surface area contributed by atoms with Crippen LogP contribution >= 0.6 is 11.8 Å². The van der Waals surface area contributed by atoms with Crippen molar-refractivity contribution in [3.05, 3.63) is 71.8 Å². The number of ether oxygens (including phenoxy) is 4. The van der Waals surface area contributed by atoms with E-state index in [4.69, 9.17) is 28.9 Å². The molecule has 4 rings (SSSR count). The van der Waals surface area contributed by atoms with Gasteiger partial charge >= 0.3 is 0 Å². The molecule has 208 valence electrons. The van der Waals surface area contributed by atoms with Crippen LogP contribution in [0, 0.1) is 0 Å². The molecule has 0 aromatic heterocycles. The van der Waals surface area contributed by atoms with Crippen molar-refractivity contribution < 1.29 is 34.0 Å². The van der Waals surface area contributed by atoms with Gasteiger partial charge in [-0.1, -0.05) is 30.0 Å². The smallest absolute Gasteiger partial charge is 0.188 e. The summed E-state index contributed by atoms with van der Waals surface area (Å²) in [5.41, 5.74) is 2.92. The van der Waals surface area contributed by atoms with Gasteiger partial charge in [0, 0.05) is 29.9 Å². The molecule has 2 N–H and O–H groups in total. The number of carbonyl (C=O) groups is 1. The van der Waals surface area contributed by atoms with Crippen LogP contribution in [0.4, 0.5) is 5.69 Å². The molecule has 3 aromatic carbocycles. The van der Waals surface area contributed by atoms with E-state index in [9.17, 15) is 15.0 Å². The fourth-order valence-corrected chi connectivity index (χ4v) is 5.24. The van der Waals surface area contributed by atoms with Crippen molar-refractivity contribution in [2.75, 3.05) is 28.4 Å². The van der Waals surface area contributed by atoms with E-state index in [1.807, 2.05) is 6.07 Å². The highest BCUT2D eigenvalue weighted by Gasteiger charge is 2.25. The number of phenolic OH excluding ortho intramolecular Hbond substituents is 2. The van der Waals surface area contributed by atoms with Crippen molar-refractivity contribution in [3.8, 4) is 34.5 Å². The Morgan fingerprint density at radius 3 is 2.27 bits per heavy atom. The number of allylic oxidation sites excluding steroid dienone is 1. The van der Waals surface area contributed by atoms with Gasteiger partial charge in [-0.05, 0) is 53.6 Å². The summed E-state index contributed by atoms with van der Waals surface area (Å²) in [6, 6.07) is 15.4. The number of amidine groups is 1. The van der Waals surface area contributed by atoms with Gasteiger partial charge < -0.3 is 29.2 Å². The van der Waals surface area contributed by atoms with Gasteiger partial charge in [0.1, 0.15) is 0 Å². The minimum Gasteiger partial charge on any atom is -0.504 e. The van der Waals surface area contributed by atoms with Crippen LogP contribution in [0.2, 0.25) is 0 Å². The van der Waals surface area contributed by atoms with Gasteiger partial charge in [-0.3, -0.25) is 4.79 Å². The first kappa shape index (κ1) is 28.6. The van der Waals surface area contributed by atoms with Gasteiger partial charge in [0.25, 0.3) is 0 Å². The summed E-state index contributed by atoms with van der Waals surface area (Å²) >= 11 is 1.46. The van der Waals surface area contributed by atoms with Crippen LogP contribution in [0.1, 0.15) is 29.2 Å². The lowest BCUT2D eigenvalue weighted by Crippen LogP contribution is -2.16. The number of nitrogens with zero attached hydrogens (tertiary/aromatic N) is 2. The lowest BCUT2D eigenvalue weighted by molar-refractivity contribution is -0.113. The van der Waals surface area contributed by atoms with Crippen molar-refractivity contribution in [1.29, 1.82) is 0 Å². The fourth-order valence-electron chi connectivity index (χ4n) is 4.09. The molecule has 0 aliphatic carbocycles. The first-order chi connectivity index (χ1) is 19.3. The summed E-state index contributed by atoms with van der Waals surface area (Å²) in [6.07, 6.45) is 3.77. The lowest BCUT2D eigenvalue weighted by atomic mass is 10.0. The highest BCUT2D eigenvalue weighted by atomic mass is 32.2. The summed E-state index contributed by atoms with van der Waals surface area (Å²) < 4.78 is 21.2. The van der Waals surface area contributed by atoms with Crippen molar-refractivity contribution in [2.45, 2.75) is 18.1 Å². The molecule has 0 saturated carbocycles. The Balaban J connectivity index is 1.62. The maximum absolute atomic E-state index is 12.9. The molecule has 10 heteroatoms. The first-order valence-electron chi connectivity index (χ1n) is 12.3. The Kier molecular flexibility index (Phi) is 9.34. The van der Waals surface area contributed by atoms with Crippen molar-refractivity contribution in [2.24, 2.45) is 9.98 Å². The minimum absolute atomic E-state index is 0.0261. The number of phenols is 2. The quantitative estimate of drug-likeness (QED) is 0.284. The highest BCUT2D eigenvalue weighted by Crippen LogP contribution is 2.42. The molecule has 3 aromatic rings. The van der Waals surface area contributed by atoms with E-state index in [1.54, 1.807) is 62.8 Å². The number of carbonyl (C=O) groups excluding carboxylic acids is 1. The summed E-state index contributed by atoms with van der Waals surface area (Å²) in [6.45, 7) is 0. The van der Waals surface area contributed by atoms with E-state index in [1.165, 1.54) is 38.1 Å². The lowest BCUT2D eigenvalue weighted by Gasteiger charge is -2.23. The maximum atomic E-state index is 12.9. The zero-order valence-electron chi connectivity index (χ0n) is 22.6. The normalized spacial score (nSPS) is 16.1. The second kappa shape index (κ2) is 13.1. The van der Waals surface area contributed by atoms with E-state index in [-0.39, 0.29) is 29.0 Å². The number of benzene rings is 3. The standard InChI is InChI=1S/C30H30N2O7S/c1-36-25-12-8-20(16-28(25)39-4)31-30-32-21(17-29(40-30)19-7-11-24(35)27(14-19)38-3)15-22(33)9-5-18-6-10-23(34)26(13-18)37-2/h5-14,16,29,34-35H,15,17H2,1-4H3/b9-5+,31-30?. The zero-order valence-corrected chi connectivity index (χ0v) is 23.4. The average molecular weight is 563 g/mol. The van der Waals surface area contributed by atoms with Gasteiger partial charge in [0.15, 0.2) is 45.4 Å². The Bertz CT molecular complexity index is 1480. The molecule has 1 heterocycles. The number of aromatic hydroxyl groups is 2. The molecule has 0 radical (unpaired) electrons. The molecule has 40 heavy (non-hydrogen) atoms. The van der Waals surface area contributed by atoms with Crippen LogP contribution in [0.3, 0.4) is 0 Å². The largest absolute Gasteiger partial charge is 0.504 e. The second-order valence-electron chi connectivity index (χ2n) is 8.76. The van der Waals surface area contributed by atoms with Crippen LogP contribution in [0.5, 0.6) is 34.5 Å². The Hall–Kier alpha value is -4.44. The molecule has 0 bridgehead atoms. The summed E-state index contributed by atoms with van der Waals surface area (Å²) in [5, 5.41) is 20.3. The molecular formula is C30H30N2O7S.